The number of nitrogens with one attached hydrogen (secondary N) is 1. The first-order valence-electron chi connectivity index (χ1n) is 7.36. The highest BCUT2D eigenvalue weighted by atomic mass is 19.3. The van der Waals surface area contributed by atoms with Crippen molar-refractivity contribution in [2.45, 2.75) is 32.5 Å². The number of benzene rings is 1. The van der Waals surface area contributed by atoms with Crippen LogP contribution in [0.15, 0.2) is 40.8 Å². The summed E-state index contributed by atoms with van der Waals surface area (Å²) in [6.45, 7) is 0.416. The van der Waals surface area contributed by atoms with Gasteiger partial charge >= 0.3 is 6.61 Å². The second-order valence-electron chi connectivity index (χ2n) is 5.66. The van der Waals surface area contributed by atoms with Gasteiger partial charge in [0.15, 0.2) is 0 Å². The quantitative estimate of drug-likeness (QED) is 0.814. The number of aliphatic hydroxyl groups is 1. The number of aryl methyl sites for hydroxylation is 1. The average molecular weight is 339 g/mol. The number of hydrogen-bond acceptors (Lipinski definition) is 4. The fourth-order valence-electron chi connectivity index (χ4n) is 2.12. The van der Waals surface area contributed by atoms with E-state index in [0.29, 0.717) is 17.1 Å². The molecule has 0 saturated carbocycles. The number of alkyl halides is 2. The van der Waals surface area contributed by atoms with Gasteiger partial charge in [-0.2, -0.15) is 8.78 Å². The highest BCUT2D eigenvalue weighted by Crippen LogP contribution is 2.22. The van der Waals surface area contributed by atoms with E-state index in [1.165, 1.54) is 24.3 Å². The maximum Gasteiger partial charge on any atom is 0.387 e. The fourth-order valence-corrected chi connectivity index (χ4v) is 2.12. The van der Waals surface area contributed by atoms with E-state index in [-0.39, 0.29) is 24.6 Å². The molecule has 5 nitrogen and oxygen atoms in total. The van der Waals surface area contributed by atoms with Crippen molar-refractivity contribution in [3.05, 3.63) is 53.5 Å². The first-order valence-corrected chi connectivity index (χ1v) is 7.36. The molecule has 1 heterocycles. The number of rotatable bonds is 7. The van der Waals surface area contributed by atoms with Gasteiger partial charge in [-0.05, 0) is 43.7 Å². The van der Waals surface area contributed by atoms with Gasteiger partial charge in [-0.1, -0.05) is 12.1 Å². The minimum atomic E-state index is -2.88. The Morgan fingerprint density at radius 1 is 1.29 bits per heavy atom. The van der Waals surface area contributed by atoms with E-state index < -0.39 is 12.2 Å². The third kappa shape index (κ3) is 5.06. The molecule has 0 aliphatic carbocycles. The lowest BCUT2D eigenvalue weighted by atomic mass is 10.0. The summed E-state index contributed by atoms with van der Waals surface area (Å²) in [6.07, 6.45) is 0.0578. The molecular weight excluding hydrogens is 320 g/mol. The molecule has 1 atom stereocenters. The Balaban J connectivity index is 1.86. The Morgan fingerprint density at radius 3 is 2.50 bits per heavy atom. The van der Waals surface area contributed by atoms with E-state index in [9.17, 15) is 18.7 Å². The summed E-state index contributed by atoms with van der Waals surface area (Å²) < 4.78 is 33.7. The summed E-state index contributed by atoms with van der Waals surface area (Å²) in [5.74, 6) is 0.767. The van der Waals surface area contributed by atoms with Crippen LogP contribution < -0.4 is 10.1 Å². The third-order valence-corrected chi connectivity index (χ3v) is 3.41. The molecule has 0 aliphatic heterocycles. The standard InChI is InChI=1S/C17H19F2NO4/c1-11-3-8-14(23-11)17(2,22)10-20-15(21)9-12-4-6-13(7-5-12)24-16(18)19/h3-8,16,22H,9-10H2,1-2H3,(H,20,21). The summed E-state index contributed by atoms with van der Waals surface area (Å²) in [5.41, 5.74) is -0.679. The van der Waals surface area contributed by atoms with Crippen molar-refractivity contribution in [1.82, 2.24) is 5.32 Å². The molecule has 0 fully saturated rings. The van der Waals surface area contributed by atoms with Crippen LogP contribution in [0, 0.1) is 6.92 Å². The van der Waals surface area contributed by atoms with Crippen molar-refractivity contribution < 1.29 is 27.8 Å². The number of carbonyl (C=O) groups excluding carboxylic acids is 1. The molecule has 0 spiro atoms. The van der Waals surface area contributed by atoms with Crippen molar-refractivity contribution in [2.24, 2.45) is 0 Å². The van der Waals surface area contributed by atoms with Gasteiger partial charge in [0.05, 0.1) is 13.0 Å². The maximum atomic E-state index is 12.1. The van der Waals surface area contributed by atoms with E-state index in [4.69, 9.17) is 4.42 Å². The largest absolute Gasteiger partial charge is 0.463 e. The van der Waals surface area contributed by atoms with Gasteiger partial charge in [0, 0.05) is 0 Å². The second-order valence-corrected chi connectivity index (χ2v) is 5.66. The molecule has 0 aliphatic rings. The van der Waals surface area contributed by atoms with Crippen LogP contribution in [0.1, 0.15) is 24.0 Å². The van der Waals surface area contributed by atoms with Gasteiger partial charge in [-0.15, -0.1) is 0 Å². The van der Waals surface area contributed by atoms with Crippen LogP contribution >= 0.6 is 0 Å². The molecule has 1 aromatic heterocycles. The van der Waals surface area contributed by atoms with Crippen molar-refractivity contribution in [2.75, 3.05) is 6.54 Å². The second kappa shape index (κ2) is 7.44. The summed E-state index contributed by atoms with van der Waals surface area (Å²) >= 11 is 0. The van der Waals surface area contributed by atoms with Gasteiger partial charge in [-0.25, -0.2) is 0 Å². The number of halogens is 2. The number of carbonyl (C=O) groups is 1. The predicted molar refractivity (Wildman–Crippen MR) is 82.8 cm³/mol. The number of ether oxygens (including phenoxy) is 1. The zero-order valence-electron chi connectivity index (χ0n) is 13.4. The summed E-state index contributed by atoms with van der Waals surface area (Å²) in [5, 5.41) is 13.0. The molecule has 24 heavy (non-hydrogen) atoms. The van der Waals surface area contributed by atoms with Crippen LogP contribution in [0.2, 0.25) is 0 Å². The van der Waals surface area contributed by atoms with Crippen LogP contribution in [-0.2, 0) is 16.8 Å². The van der Waals surface area contributed by atoms with E-state index in [2.05, 4.69) is 10.1 Å². The molecule has 130 valence electrons. The molecule has 7 heteroatoms. The Morgan fingerprint density at radius 2 is 1.96 bits per heavy atom. The highest BCUT2D eigenvalue weighted by molar-refractivity contribution is 5.78. The first-order chi connectivity index (χ1) is 11.3. The molecule has 0 radical (unpaired) electrons. The lowest BCUT2D eigenvalue weighted by Crippen LogP contribution is -2.39. The van der Waals surface area contributed by atoms with E-state index in [1.807, 2.05) is 0 Å². The van der Waals surface area contributed by atoms with Gasteiger partial charge < -0.3 is 19.6 Å². The Labute approximate surface area is 138 Å². The van der Waals surface area contributed by atoms with Crippen LogP contribution in [0.4, 0.5) is 8.78 Å². The zero-order valence-corrected chi connectivity index (χ0v) is 13.4. The molecule has 0 saturated heterocycles. The van der Waals surface area contributed by atoms with E-state index >= 15 is 0 Å². The lowest BCUT2D eigenvalue weighted by molar-refractivity contribution is -0.121. The van der Waals surface area contributed by atoms with E-state index in [0.717, 1.165) is 0 Å². The van der Waals surface area contributed by atoms with Crippen LogP contribution in [0.3, 0.4) is 0 Å². The van der Waals surface area contributed by atoms with Crippen molar-refractivity contribution >= 4 is 5.91 Å². The molecule has 1 amide bonds. The van der Waals surface area contributed by atoms with Crippen molar-refractivity contribution in [1.29, 1.82) is 0 Å². The Hall–Kier alpha value is -2.41. The zero-order chi connectivity index (χ0) is 17.7. The van der Waals surface area contributed by atoms with Crippen molar-refractivity contribution in [3.63, 3.8) is 0 Å². The number of amides is 1. The number of furan rings is 1. The molecule has 1 unspecified atom stereocenters. The molecule has 0 bridgehead atoms. The Kier molecular flexibility index (Phi) is 5.56. The summed E-state index contributed by atoms with van der Waals surface area (Å²) in [7, 11) is 0. The summed E-state index contributed by atoms with van der Waals surface area (Å²) in [6, 6.07) is 9.20. The van der Waals surface area contributed by atoms with Crippen LogP contribution in [0.5, 0.6) is 5.75 Å². The van der Waals surface area contributed by atoms with Crippen LogP contribution in [0.25, 0.3) is 0 Å². The number of hydrogen-bond donors (Lipinski definition) is 2. The molecular formula is C17H19F2NO4. The van der Waals surface area contributed by atoms with Gasteiger partial charge in [0.2, 0.25) is 5.91 Å². The topological polar surface area (TPSA) is 71.7 Å². The molecule has 2 rings (SSSR count). The minimum absolute atomic E-state index is 0.00857. The van der Waals surface area contributed by atoms with Gasteiger partial charge in [0.1, 0.15) is 22.9 Å². The third-order valence-electron chi connectivity index (χ3n) is 3.41. The highest BCUT2D eigenvalue weighted by Gasteiger charge is 2.27. The predicted octanol–water partition coefficient (Wildman–Crippen LogP) is 2.76. The lowest BCUT2D eigenvalue weighted by Gasteiger charge is -2.21. The van der Waals surface area contributed by atoms with E-state index in [1.54, 1.807) is 26.0 Å². The summed E-state index contributed by atoms with van der Waals surface area (Å²) in [4.78, 5) is 12.0. The Bertz CT molecular complexity index is 680. The minimum Gasteiger partial charge on any atom is -0.463 e. The SMILES string of the molecule is Cc1ccc(C(C)(O)CNC(=O)Cc2ccc(OC(F)F)cc2)o1. The average Bonchev–Trinajstić information content (AvgIpc) is 2.94. The maximum absolute atomic E-state index is 12.1. The van der Waals surface area contributed by atoms with Gasteiger partial charge in [-0.3, -0.25) is 4.79 Å². The first kappa shape index (κ1) is 17.9. The van der Waals surface area contributed by atoms with Crippen molar-refractivity contribution in [3.8, 4) is 5.75 Å². The molecule has 2 N–H and O–H groups in total. The normalized spacial score (nSPS) is 13.6. The fraction of sp³-hybridized carbons (Fsp3) is 0.353. The monoisotopic (exact) mass is 339 g/mol. The van der Waals surface area contributed by atoms with Gasteiger partial charge in [0.25, 0.3) is 0 Å². The molecule has 1 aromatic carbocycles. The van der Waals surface area contributed by atoms with Crippen LogP contribution in [-0.4, -0.2) is 24.2 Å². The molecule has 2 aromatic rings. The smallest absolute Gasteiger partial charge is 0.387 e.